The number of alkyl carbamates (subject to hydrolysis) is 1. The predicted octanol–water partition coefficient (Wildman–Crippen LogP) is 13.1. The van der Waals surface area contributed by atoms with Gasteiger partial charge in [0.25, 0.3) is 5.91 Å². The van der Waals surface area contributed by atoms with Crippen molar-refractivity contribution in [3.8, 4) is 0 Å². The van der Waals surface area contributed by atoms with Crippen molar-refractivity contribution >= 4 is 91.7 Å². The molecule has 1 aromatic heterocycles. The van der Waals surface area contributed by atoms with Gasteiger partial charge in [-0.3, -0.25) is 43.7 Å². The fourth-order valence-corrected chi connectivity index (χ4v) is 19.8. The third kappa shape index (κ3) is 31.7. The van der Waals surface area contributed by atoms with Gasteiger partial charge in [-0.2, -0.15) is 0 Å². The Balaban J connectivity index is 0.000000175. The first-order valence-corrected chi connectivity index (χ1v) is 50.9. The molecule has 12 aromatic carbocycles. The summed E-state index contributed by atoms with van der Waals surface area (Å²) in [6, 6.07) is 101. The monoisotopic (exact) mass is 1970 g/mol. The zero-order chi connectivity index (χ0) is 102. The van der Waals surface area contributed by atoms with E-state index in [1.165, 1.54) is 18.1 Å². The van der Waals surface area contributed by atoms with Crippen LogP contribution in [0.4, 0.5) is 4.79 Å². The number of imidazole rings is 1. The van der Waals surface area contributed by atoms with E-state index in [9.17, 15) is 33.6 Å². The van der Waals surface area contributed by atoms with E-state index in [1.807, 2.05) is 198 Å². The topological polar surface area (TPSA) is 445 Å². The molecule has 4 heterocycles. The molecule has 16 rings (SSSR count). The first-order valence-electron chi connectivity index (χ1n) is 50.9. The number of H-pyrrole nitrogens is 1. The maximum absolute atomic E-state index is 14.6. The third-order valence-corrected chi connectivity index (χ3v) is 27.3. The molecule has 146 heavy (non-hydrogen) atoms. The van der Waals surface area contributed by atoms with Crippen molar-refractivity contribution in [3.05, 3.63) is 378 Å². The smallest absolute Gasteiger partial charge is 0.407 e. The van der Waals surface area contributed by atoms with E-state index in [0.29, 0.717) is 148 Å². The van der Waals surface area contributed by atoms with Crippen LogP contribution in [-0.2, 0) is 48.0 Å². The van der Waals surface area contributed by atoms with E-state index in [1.54, 1.807) is 12.5 Å². The number of ether oxygens (including phenoxy) is 1. The zero-order valence-electron chi connectivity index (χ0n) is 83.4. The van der Waals surface area contributed by atoms with Gasteiger partial charge in [0.2, 0.25) is 29.5 Å². The molecule has 3 saturated heterocycles. The highest BCUT2D eigenvalue weighted by atomic mass is 16.5. The maximum Gasteiger partial charge on any atom is 0.407 e. The van der Waals surface area contributed by atoms with E-state index in [0.717, 1.165) is 77.8 Å². The molecule has 3 aliphatic rings. The molecule has 0 aliphatic carbocycles. The van der Waals surface area contributed by atoms with Gasteiger partial charge in [0, 0.05) is 138 Å². The first kappa shape index (κ1) is 106. The highest BCUT2D eigenvalue weighted by molar-refractivity contribution is 5.99. The van der Waals surface area contributed by atoms with Crippen molar-refractivity contribution < 1.29 is 38.3 Å². The SMILES string of the molecule is CC(=O)N[C@@H](Cc1cnc[nH]1)C(=O)N[C@H](Cc1ccc2ccccc2c1)[C@@H]1CCN(CC(c2ccccc2)c2ccccc2)C(=O)[C@H](CCCN=C(N)N)N1.CCCOC(=O)N[C@H](Cc1ccc2ccccc2c1)[C@@H]1CCN(CC(c2ccccc2)c2ccccc2)C(=O)[C@H](CCCN=C(N)N)N1.NC(N)=NCCC[C@@H]1N[C@H](CNC(=O)c2ccc3ccccc3c2)CCN(CC(c2ccccc2)c2ccccc2)C1=O. The van der Waals surface area contributed by atoms with Crippen LogP contribution in [0, 0.1) is 0 Å². The Labute approximate surface area is 855 Å². The molecular formula is C117H139N21O8. The normalized spacial score (nSPS) is 17.0. The van der Waals surface area contributed by atoms with Gasteiger partial charge in [0.05, 0.1) is 37.1 Å². The number of nitrogens with one attached hydrogen (secondary N) is 8. The summed E-state index contributed by atoms with van der Waals surface area (Å²) in [6.45, 7) is 8.58. The third-order valence-electron chi connectivity index (χ3n) is 27.3. The number of rotatable bonds is 41. The number of aromatic nitrogens is 2. The average molecular weight is 1970 g/mol. The lowest BCUT2D eigenvalue weighted by molar-refractivity contribution is -0.133. The summed E-state index contributed by atoms with van der Waals surface area (Å²) in [7, 11) is 0. The van der Waals surface area contributed by atoms with Crippen LogP contribution in [0.15, 0.2) is 337 Å². The van der Waals surface area contributed by atoms with Gasteiger partial charge >= 0.3 is 6.09 Å². The molecule has 9 atom stereocenters. The van der Waals surface area contributed by atoms with E-state index in [2.05, 4.69) is 196 Å². The molecule has 0 saturated carbocycles. The van der Waals surface area contributed by atoms with Crippen molar-refractivity contribution in [2.24, 2.45) is 49.4 Å². The minimum Gasteiger partial charge on any atom is -0.450 e. The van der Waals surface area contributed by atoms with Crippen LogP contribution in [0.3, 0.4) is 0 Å². The maximum atomic E-state index is 14.6. The van der Waals surface area contributed by atoms with Gasteiger partial charge in [-0.25, -0.2) is 9.78 Å². The Morgan fingerprint density at radius 3 is 1.14 bits per heavy atom. The van der Waals surface area contributed by atoms with Crippen LogP contribution < -0.4 is 71.6 Å². The van der Waals surface area contributed by atoms with E-state index in [-0.39, 0.29) is 102 Å². The fraction of sp³-hybridized carbons (Fsp3) is 0.325. The van der Waals surface area contributed by atoms with Crippen molar-refractivity contribution in [2.45, 2.75) is 169 Å². The average Bonchev–Trinajstić information content (AvgIpc) is 1.59. The summed E-state index contributed by atoms with van der Waals surface area (Å²) < 4.78 is 5.48. The van der Waals surface area contributed by atoms with Gasteiger partial charge < -0.3 is 96.0 Å². The van der Waals surface area contributed by atoms with Gasteiger partial charge in [0.1, 0.15) is 6.04 Å². The molecule has 0 radical (unpaired) electrons. The molecule has 3 fully saturated rings. The minimum absolute atomic E-state index is 0.00443. The minimum atomic E-state index is -0.839. The molecule has 13 aromatic rings. The Hall–Kier alpha value is -15.6. The Morgan fingerprint density at radius 2 is 0.774 bits per heavy atom. The summed E-state index contributed by atoms with van der Waals surface area (Å²) in [5.74, 6) is -0.570. The van der Waals surface area contributed by atoms with Crippen LogP contribution in [-0.4, -0.2) is 211 Å². The Morgan fingerprint density at radius 1 is 0.418 bits per heavy atom. The van der Waals surface area contributed by atoms with Gasteiger partial charge in [-0.1, -0.05) is 304 Å². The van der Waals surface area contributed by atoms with E-state index >= 15 is 0 Å². The number of fused-ring (bicyclic) bond motifs is 3. The van der Waals surface area contributed by atoms with Gasteiger partial charge in [0.15, 0.2) is 17.9 Å². The van der Waals surface area contributed by atoms with Crippen LogP contribution in [0.2, 0.25) is 0 Å². The second-order valence-corrected chi connectivity index (χ2v) is 37.8. The van der Waals surface area contributed by atoms with Crippen molar-refractivity contribution in [1.82, 2.24) is 61.9 Å². The van der Waals surface area contributed by atoms with E-state index in [4.69, 9.17) is 39.1 Å². The molecule has 0 bridgehead atoms. The second kappa shape index (κ2) is 54.8. The second-order valence-electron chi connectivity index (χ2n) is 37.8. The standard InChI is InChI=1S/C43H51N9O3.C39H48N6O3.C35H40N6O2/c1-29(53)49-40(25-35-26-46-28-48-35)41(54)51-39(24-30-18-19-31-11-8-9-16-34(31)23-30)37-20-22-52(42(55)38(50-37)17-10-21-47-43(44)45)27-36(32-12-4-2-5-13-32)33-14-6-3-7-15-33;1-2-24-48-39(47)44-36(26-28-19-20-29-12-9-10-17-32(29)25-28)34-21-23-45(37(46)35(43-34)18-11-22-42-38(40)41)27-33(30-13-5-3-6-14-30)31-15-7-4-8-16-31;36-35(37)38-20-9-16-32-34(43)41(24-31(26-11-3-1-4-12-26)27-13-5-2-6-14-27)21-19-30(40-32)23-39-33(42)29-18-17-25-10-7-8-15-28(25)22-29/h2-9,11-16,18-19,23,26,28,36-40,50H,10,17,20-22,24-25,27H2,1H3,(H,46,48)(H,49,53)(H,51,54)(H4,44,45,47);3-10,12-17,19-20,25,33-36,43H,2,11,18,21-24,26-27H2,1H3,(H,44,47)(H4,40,41,42);1-8,10-15,17-18,22,30-32,40H,9,16,19-21,23-24H2,(H,39,42)(H4,36,37,38)/t37-,38-,39+,40-;34-,35-,36+;30-,32-/m000/s1. The number of aliphatic imine (C=N–C) groups is 3. The van der Waals surface area contributed by atoms with Gasteiger partial charge in [-0.15, -0.1) is 0 Å². The number of amides is 7. The quantitative estimate of drug-likeness (QED) is 0.00961. The predicted molar refractivity (Wildman–Crippen MR) is 582 cm³/mol. The molecule has 0 spiro atoms. The lowest BCUT2D eigenvalue weighted by Gasteiger charge is -2.31. The highest BCUT2D eigenvalue weighted by Crippen LogP contribution is 2.34. The molecule has 7 amide bonds. The van der Waals surface area contributed by atoms with Crippen LogP contribution in [0.25, 0.3) is 32.3 Å². The molecular weight excluding hydrogens is 1830 g/mol. The Kier molecular flexibility index (Phi) is 39.8. The lowest BCUT2D eigenvalue weighted by Crippen LogP contribution is -2.58. The zero-order valence-corrected chi connectivity index (χ0v) is 83.4. The van der Waals surface area contributed by atoms with Gasteiger partial charge in [-0.05, 0) is 166 Å². The van der Waals surface area contributed by atoms with E-state index < -0.39 is 36.3 Å². The summed E-state index contributed by atoms with van der Waals surface area (Å²) in [4.78, 5) is 121. The van der Waals surface area contributed by atoms with Crippen LogP contribution in [0.5, 0.6) is 0 Å². The summed E-state index contributed by atoms with van der Waals surface area (Å²) >= 11 is 0. The number of guanidine groups is 3. The molecule has 0 unspecified atom stereocenters. The number of hydrogen-bond donors (Lipinski definition) is 14. The first-order chi connectivity index (χ1) is 71.1. The molecule has 760 valence electrons. The summed E-state index contributed by atoms with van der Waals surface area (Å²) in [6.07, 6.45) is 10.2. The molecule has 29 heteroatoms. The van der Waals surface area contributed by atoms with Crippen molar-refractivity contribution in [3.63, 3.8) is 0 Å². The number of carbonyl (C=O) groups is 7. The summed E-state index contributed by atoms with van der Waals surface area (Å²) in [5, 5.41) is 30.0. The summed E-state index contributed by atoms with van der Waals surface area (Å²) in [5.41, 5.74) is 43.9. The highest BCUT2D eigenvalue weighted by Gasteiger charge is 2.40. The largest absolute Gasteiger partial charge is 0.450 e. The molecule has 20 N–H and O–H groups in total. The number of benzene rings is 12. The number of nitrogens with two attached hydrogens (primary N) is 6. The molecule has 29 nitrogen and oxygen atoms in total. The van der Waals surface area contributed by atoms with Crippen molar-refractivity contribution in [2.75, 3.05) is 72.1 Å². The number of nitrogens with zero attached hydrogens (tertiary/aromatic N) is 7. The lowest BCUT2D eigenvalue weighted by atomic mass is 9.90. The fourth-order valence-electron chi connectivity index (χ4n) is 19.8. The van der Waals surface area contributed by atoms with Crippen molar-refractivity contribution in [1.29, 1.82) is 0 Å². The number of carbonyl (C=O) groups excluding carboxylic acids is 7. The number of aromatic amines is 1. The van der Waals surface area contributed by atoms with Crippen LogP contribution in [0.1, 0.15) is 156 Å². The Bertz CT molecular complexity index is 6320. The molecule has 3 aliphatic heterocycles. The number of hydrogen-bond acceptors (Lipinski definition) is 15. The van der Waals surface area contributed by atoms with Crippen LogP contribution >= 0.6 is 0 Å².